The van der Waals surface area contributed by atoms with Crippen molar-refractivity contribution < 1.29 is 4.92 Å². The molecule has 0 aliphatic carbocycles. The molecule has 0 aliphatic rings. The largest absolute Gasteiger partial charge is 0.364 e. The Labute approximate surface area is 129 Å². The van der Waals surface area contributed by atoms with Crippen LogP contribution in [0.4, 0.5) is 23.0 Å². The van der Waals surface area contributed by atoms with Crippen LogP contribution in [-0.4, -0.2) is 21.4 Å². The fraction of sp³-hybridized carbons (Fsp3) is 0.167. The van der Waals surface area contributed by atoms with Gasteiger partial charge in [0.1, 0.15) is 6.33 Å². The molecule has 0 unspecified atom stereocenters. The summed E-state index contributed by atoms with van der Waals surface area (Å²) in [5, 5.41) is 17.0. The van der Waals surface area contributed by atoms with Crippen molar-refractivity contribution in [3.63, 3.8) is 0 Å². The van der Waals surface area contributed by atoms with Crippen LogP contribution in [0.5, 0.6) is 0 Å². The second-order valence-electron chi connectivity index (χ2n) is 3.84. The van der Waals surface area contributed by atoms with Gasteiger partial charge < -0.3 is 10.6 Å². The molecule has 0 spiro atoms. The van der Waals surface area contributed by atoms with E-state index in [2.05, 4.69) is 43.2 Å². The lowest BCUT2D eigenvalue weighted by atomic mass is 10.3. The van der Waals surface area contributed by atoms with Gasteiger partial charge in [0.05, 0.1) is 4.92 Å². The minimum Gasteiger partial charge on any atom is -0.364 e. The van der Waals surface area contributed by atoms with Crippen molar-refractivity contribution in [2.45, 2.75) is 6.92 Å². The van der Waals surface area contributed by atoms with E-state index in [-0.39, 0.29) is 17.3 Å². The molecule has 0 bridgehead atoms. The summed E-state index contributed by atoms with van der Waals surface area (Å²) in [6, 6.07) is 7.48. The number of nitrogens with zero attached hydrogens (tertiary/aromatic N) is 3. The number of halogens is 1. The van der Waals surface area contributed by atoms with Crippen LogP contribution in [0.3, 0.4) is 0 Å². The summed E-state index contributed by atoms with van der Waals surface area (Å²) in [5.74, 6) is 0.377. The Morgan fingerprint density at radius 3 is 2.50 bits per heavy atom. The molecule has 104 valence electrons. The highest BCUT2D eigenvalue weighted by atomic mass is 127. The van der Waals surface area contributed by atoms with Gasteiger partial charge in [-0.25, -0.2) is 9.97 Å². The smallest absolute Gasteiger partial charge is 0.353 e. The van der Waals surface area contributed by atoms with E-state index in [1.165, 1.54) is 6.33 Å². The normalized spacial score (nSPS) is 10.1. The summed E-state index contributed by atoms with van der Waals surface area (Å²) in [6.45, 7) is 2.39. The first-order chi connectivity index (χ1) is 9.61. The highest BCUT2D eigenvalue weighted by Crippen LogP contribution is 2.30. The van der Waals surface area contributed by atoms with E-state index >= 15 is 0 Å². The zero-order chi connectivity index (χ0) is 14.5. The minimum absolute atomic E-state index is 0.159. The predicted octanol–water partition coefficient (Wildman–Crippen LogP) is 3.16. The molecule has 1 aromatic heterocycles. The van der Waals surface area contributed by atoms with Gasteiger partial charge >= 0.3 is 5.69 Å². The van der Waals surface area contributed by atoms with Crippen LogP contribution in [0.15, 0.2) is 30.6 Å². The zero-order valence-electron chi connectivity index (χ0n) is 10.6. The molecule has 1 heterocycles. The summed E-state index contributed by atoms with van der Waals surface area (Å²) in [4.78, 5) is 18.6. The Hall–Kier alpha value is -1.97. The molecule has 20 heavy (non-hydrogen) atoms. The molecule has 0 fully saturated rings. The summed E-state index contributed by atoms with van der Waals surface area (Å²) < 4.78 is 1.08. The second kappa shape index (κ2) is 6.46. The van der Waals surface area contributed by atoms with Crippen molar-refractivity contribution in [2.24, 2.45) is 0 Å². The number of benzene rings is 1. The first kappa shape index (κ1) is 14.4. The standard InChI is InChI=1S/C12H12IN5O2/c1-2-14-11-10(18(19)20)12(16-7-15-11)17-9-5-3-8(13)4-6-9/h3-7H,2H2,1H3,(H2,14,15,16,17). The number of nitrogens with one attached hydrogen (secondary N) is 2. The molecular formula is C12H12IN5O2. The maximum absolute atomic E-state index is 11.2. The summed E-state index contributed by atoms with van der Waals surface area (Å²) in [6.07, 6.45) is 1.29. The van der Waals surface area contributed by atoms with E-state index in [0.717, 1.165) is 9.26 Å². The molecular weight excluding hydrogens is 373 g/mol. The Kier molecular flexibility index (Phi) is 4.66. The van der Waals surface area contributed by atoms with Crippen molar-refractivity contribution in [3.8, 4) is 0 Å². The highest BCUT2D eigenvalue weighted by Gasteiger charge is 2.22. The number of hydrogen-bond acceptors (Lipinski definition) is 6. The van der Waals surface area contributed by atoms with Crippen LogP contribution >= 0.6 is 22.6 Å². The van der Waals surface area contributed by atoms with Crippen molar-refractivity contribution in [2.75, 3.05) is 17.2 Å². The van der Waals surface area contributed by atoms with Crippen LogP contribution in [0.25, 0.3) is 0 Å². The number of hydrogen-bond donors (Lipinski definition) is 2. The molecule has 8 heteroatoms. The monoisotopic (exact) mass is 385 g/mol. The van der Waals surface area contributed by atoms with Crippen LogP contribution in [0.2, 0.25) is 0 Å². The van der Waals surface area contributed by atoms with Gasteiger partial charge in [-0.2, -0.15) is 0 Å². The Balaban J connectivity index is 2.37. The number of aromatic nitrogens is 2. The molecule has 0 aliphatic heterocycles. The molecule has 2 N–H and O–H groups in total. The maximum atomic E-state index is 11.2. The first-order valence-electron chi connectivity index (χ1n) is 5.87. The van der Waals surface area contributed by atoms with E-state index in [0.29, 0.717) is 6.54 Å². The average molecular weight is 385 g/mol. The van der Waals surface area contributed by atoms with E-state index in [1.54, 1.807) is 0 Å². The quantitative estimate of drug-likeness (QED) is 0.467. The third-order valence-corrected chi connectivity index (χ3v) is 3.18. The second-order valence-corrected chi connectivity index (χ2v) is 5.08. The van der Waals surface area contributed by atoms with Crippen molar-refractivity contribution in [1.29, 1.82) is 0 Å². The van der Waals surface area contributed by atoms with Gasteiger partial charge in [0.2, 0.25) is 11.6 Å². The molecule has 0 saturated heterocycles. The molecule has 0 amide bonds. The number of nitro groups is 1. The molecule has 0 radical (unpaired) electrons. The highest BCUT2D eigenvalue weighted by molar-refractivity contribution is 14.1. The first-order valence-corrected chi connectivity index (χ1v) is 6.95. The van der Waals surface area contributed by atoms with Gasteiger partial charge in [-0.15, -0.1) is 0 Å². The van der Waals surface area contributed by atoms with Crippen molar-refractivity contribution in [1.82, 2.24) is 9.97 Å². The lowest BCUT2D eigenvalue weighted by molar-refractivity contribution is -0.383. The van der Waals surface area contributed by atoms with Gasteiger partial charge in [-0.1, -0.05) is 0 Å². The number of rotatable bonds is 5. The van der Waals surface area contributed by atoms with E-state index in [1.807, 2.05) is 31.2 Å². The Bertz CT molecular complexity index is 618. The number of anilines is 3. The third-order valence-electron chi connectivity index (χ3n) is 2.46. The van der Waals surface area contributed by atoms with Gasteiger partial charge in [0.25, 0.3) is 0 Å². The molecule has 7 nitrogen and oxygen atoms in total. The van der Waals surface area contributed by atoms with E-state index < -0.39 is 4.92 Å². The molecule has 0 saturated carbocycles. The van der Waals surface area contributed by atoms with Gasteiger partial charge in [0, 0.05) is 15.8 Å². The summed E-state index contributed by atoms with van der Waals surface area (Å²) in [7, 11) is 0. The fourth-order valence-corrected chi connectivity index (χ4v) is 1.97. The molecule has 2 rings (SSSR count). The Morgan fingerprint density at radius 2 is 1.90 bits per heavy atom. The van der Waals surface area contributed by atoms with Crippen LogP contribution < -0.4 is 10.6 Å². The topological polar surface area (TPSA) is 93.0 Å². The maximum Gasteiger partial charge on any atom is 0.353 e. The molecule has 1 aromatic carbocycles. The average Bonchev–Trinajstić information content (AvgIpc) is 2.41. The SMILES string of the molecule is CCNc1ncnc(Nc2ccc(I)cc2)c1[N+](=O)[O-]. The van der Waals surface area contributed by atoms with Gasteiger partial charge in [-0.3, -0.25) is 10.1 Å². The van der Waals surface area contributed by atoms with Crippen LogP contribution in [-0.2, 0) is 0 Å². The lowest BCUT2D eigenvalue weighted by Crippen LogP contribution is -2.07. The zero-order valence-corrected chi connectivity index (χ0v) is 12.8. The Morgan fingerprint density at radius 1 is 1.25 bits per heavy atom. The summed E-state index contributed by atoms with van der Waals surface area (Å²) in [5.41, 5.74) is 0.572. The predicted molar refractivity (Wildman–Crippen MR) is 85.3 cm³/mol. The third kappa shape index (κ3) is 3.32. The van der Waals surface area contributed by atoms with Crippen molar-refractivity contribution >= 4 is 45.6 Å². The molecule has 2 aromatic rings. The van der Waals surface area contributed by atoms with Crippen LogP contribution in [0, 0.1) is 13.7 Å². The van der Waals surface area contributed by atoms with E-state index in [4.69, 9.17) is 0 Å². The lowest BCUT2D eigenvalue weighted by Gasteiger charge is -2.09. The van der Waals surface area contributed by atoms with E-state index in [9.17, 15) is 10.1 Å². The van der Waals surface area contributed by atoms with Gasteiger partial charge in [-0.05, 0) is 53.8 Å². The fourth-order valence-electron chi connectivity index (χ4n) is 1.61. The van der Waals surface area contributed by atoms with Crippen molar-refractivity contribution in [3.05, 3.63) is 44.3 Å². The molecule has 0 atom stereocenters. The summed E-state index contributed by atoms with van der Waals surface area (Å²) >= 11 is 2.19. The van der Waals surface area contributed by atoms with Crippen LogP contribution in [0.1, 0.15) is 6.92 Å². The minimum atomic E-state index is -0.493. The van der Waals surface area contributed by atoms with Gasteiger partial charge in [0.15, 0.2) is 0 Å².